The number of fused-ring (bicyclic) bond motifs is 1. The van der Waals surface area contributed by atoms with Crippen LogP contribution in [0, 0.1) is 13.8 Å². The van der Waals surface area contributed by atoms with Crippen molar-refractivity contribution < 1.29 is 5.11 Å². The van der Waals surface area contributed by atoms with Gasteiger partial charge in [0.15, 0.2) is 0 Å². The molecule has 1 aromatic heterocycles. The van der Waals surface area contributed by atoms with Gasteiger partial charge in [-0.15, -0.1) is 11.3 Å². The zero-order chi connectivity index (χ0) is 13.4. The van der Waals surface area contributed by atoms with Crippen molar-refractivity contribution in [2.75, 3.05) is 0 Å². The number of aryl methyl sites for hydroxylation is 2. The molecule has 0 saturated carbocycles. The highest BCUT2D eigenvalue weighted by molar-refractivity contribution is 7.19. The largest absolute Gasteiger partial charge is 0.383 e. The van der Waals surface area contributed by atoms with Gasteiger partial charge in [0.2, 0.25) is 0 Å². The summed E-state index contributed by atoms with van der Waals surface area (Å²) in [6.45, 7) is 4.10. The molecule has 3 aromatic rings. The van der Waals surface area contributed by atoms with Crippen molar-refractivity contribution >= 4 is 21.4 Å². The second kappa shape index (κ2) is 4.80. The average molecular weight is 268 g/mol. The Morgan fingerprint density at radius 2 is 1.79 bits per heavy atom. The summed E-state index contributed by atoms with van der Waals surface area (Å²) in [6.07, 6.45) is -0.530. The van der Waals surface area contributed by atoms with Crippen LogP contribution in [-0.4, -0.2) is 5.11 Å². The van der Waals surface area contributed by atoms with Gasteiger partial charge in [0.05, 0.1) is 0 Å². The number of hydrogen-bond donors (Lipinski definition) is 1. The van der Waals surface area contributed by atoms with Gasteiger partial charge in [0, 0.05) is 9.58 Å². The highest BCUT2D eigenvalue weighted by Gasteiger charge is 2.15. The molecule has 1 atom stereocenters. The minimum atomic E-state index is -0.530. The van der Waals surface area contributed by atoms with Crippen LogP contribution >= 0.6 is 11.3 Å². The highest BCUT2D eigenvalue weighted by Crippen LogP contribution is 2.34. The van der Waals surface area contributed by atoms with E-state index in [1.54, 1.807) is 11.3 Å². The van der Waals surface area contributed by atoms with E-state index in [9.17, 15) is 5.11 Å². The number of hydrogen-bond acceptors (Lipinski definition) is 2. The summed E-state index contributed by atoms with van der Waals surface area (Å²) in [4.78, 5) is 1.01. The molecule has 0 aliphatic carbocycles. The van der Waals surface area contributed by atoms with Crippen LogP contribution in [0.2, 0.25) is 0 Å². The fraction of sp³-hybridized carbons (Fsp3) is 0.176. The molecule has 19 heavy (non-hydrogen) atoms. The molecule has 0 saturated heterocycles. The van der Waals surface area contributed by atoms with Crippen LogP contribution in [0.1, 0.15) is 27.7 Å². The predicted molar refractivity (Wildman–Crippen MR) is 81.8 cm³/mol. The third-order valence-corrected chi connectivity index (χ3v) is 4.61. The Balaban J connectivity index is 2.07. The van der Waals surface area contributed by atoms with Gasteiger partial charge in [-0.1, -0.05) is 42.0 Å². The smallest absolute Gasteiger partial charge is 0.113 e. The van der Waals surface area contributed by atoms with E-state index in [0.29, 0.717) is 0 Å². The van der Waals surface area contributed by atoms with Crippen molar-refractivity contribution in [2.24, 2.45) is 0 Å². The molecule has 0 aliphatic heterocycles. The Bertz CT molecular complexity index is 694. The first-order chi connectivity index (χ1) is 9.15. The summed E-state index contributed by atoms with van der Waals surface area (Å²) in [5.41, 5.74) is 3.32. The van der Waals surface area contributed by atoms with Gasteiger partial charge in [0.25, 0.3) is 0 Å². The molecule has 96 valence electrons. The number of aliphatic hydroxyl groups excluding tert-OH is 1. The second-order valence-corrected chi connectivity index (χ2v) is 6.06. The Labute approximate surface area is 117 Å². The molecule has 2 aromatic carbocycles. The van der Waals surface area contributed by atoms with E-state index in [4.69, 9.17) is 0 Å². The first kappa shape index (κ1) is 12.4. The van der Waals surface area contributed by atoms with E-state index in [0.717, 1.165) is 16.0 Å². The maximum Gasteiger partial charge on any atom is 0.113 e. The third-order valence-electron chi connectivity index (χ3n) is 3.44. The summed E-state index contributed by atoms with van der Waals surface area (Å²) < 4.78 is 1.22. The van der Waals surface area contributed by atoms with Crippen LogP contribution in [0.25, 0.3) is 10.1 Å². The summed E-state index contributed by atoms with van der Waals surface area (Å²) in [6, 6.07) is 16.6. The normalized spacial score (nSPS) is 12.8. The fourth-order valence-electron chi connectivity index (χ4n) is 2.34. The molecule has 0 aliphatic rings. The maximum atomic E-state index is 10.6. The highest BCUT2D eigenvalue weighted by atomic mass is 32.1. The summed E-state index contributed by atoms with van der Waals surface area (Å²) >= 11 is 1.66. The van der Waals surface area contributed by atoms with Gasteiger partial charge in [-0.25, -0.2) is 0 Å². The molecule has 1 unspecified atom stereocenters. The maximum absolute atomic E-state index is 10.6. The first-order valence-electron chi connectivity index (χ1n) is 6.39. The van der Waals surface area contributed by atoms with Gasteiger partial charge in [-0.2, -0.15) is 0 Å². The lowest BCUT2D eigenvalue weighted by Gasteiger charge is -2.12. The predicted octanol–water partition coefficient (Wildman–Crippen LogP) is 4.60. The number of aliphatic hydroxyl groups is 1. The van der Waals surface area contributed by atoms with Gasteiger partial charge in [-0.3, -0.25) is 0 Å². The van der Waals surface area contributed by atoms with Crippen molar-refractivity contribution in [2.45, 2.75) is 20.0 Å². The van der Waals surface area contributed by atoms with Crippen LogP contribution in [0.5, 0.6) is 0 Å². The molecule has 0 spiro atoms. The monoisotopic (exact) mass is 268 g/mol. The molecule has 0 fully saturated rings. The summed E-state index contributed by atoms with van der Waals surface area (Å²) in [5.74, 6) is 0. The molecule has 0 bridgehead atoms. The van der Waals surface area contributed by atoms with Gasteiger partial charge < -0.3 is 5.11 Å². The lowest BCUT2D eigenvalue weighted by atomic mass is 10.00. The van der Waals surface area contributed by atoms with Gasteiger partial charge in [-0.05, 0) is 42.5 Å². The van der Waals surface area contributed by atoms with E-state index >= 15 is 0 Å². The van der Waals surface area contributed by atoms with Gasteiger partial charge in [0.1, 0.15) is 6.10 Å². The Morgan fingerprint density at radius 1 is 1.00 bits per heavy atom. The standard InChI is InChI=1S/C17H16OS/c1-11-7-8-12(2)14(9-11)17(18)16-10-13-5-3-4-6-15(13)19-16/h3-10,17-18H,1-2H3. The SMILES string of the molecule is Cc1ccc(C)c(C(O)c2cc3ccccc3s2)c1. The molecule has 3 rings (SSSR count). The molecular weight excluding hydrogens is 252 g/mol. The number of thiophene rings is 1. The molecule has 1 N–H and O–H groups in total. The van der Waals surface area contributed by atoms with Crippen LogP contribution in [0.3, 0.4) is 0 Å². The van der Waals surface area contributed by atoms with E-state index in [1.165, 1.54) is 15.6 Å². The zero-order valence-corrected chi connectivity index (χ0v) is 11.9. The molecule has 0 amide bonds. The molecular formula is C17H16OS. The van der Waals surface area contributed by atoms with E-state index in [2.05, 4.69) is 43.3 Å². The second-order valence-electron chi connectivity index (χ2n) is 4.95. The first-order valence-corrected chi connectivity index (χ1v) is 7.20. The Kier molecular flexibility index (Phi) is 3.13. The topological polar surface area (TPSA) is 20.2 Å². The lowest BCUT2D eigenvalue weighted by molar-refractivity contribution is 0.223. The Hall–Kier alpha value is -1.64. The summed E-state index contributed by atoms with van der Waals surface area (Å²) in [5, 5.41) is 11.8. The summed E-state index contributed by atoms with van der Waals surface area (Å²) in [7, 11) is 0. The van der Waals surface area contributed by atoms with Gasteiger partial charge >= 0.3 is 0 Å². The molecule has 0 radical (unpaired) electrons. The molecule has 1 heterocycles. The van der Waals surface area contributed by atoms with Crippen LogP contribution < -0.4 is 0 Å². The minimum absolute atomic E-state index is 0.530. The van der Waals surface area contributed by atoms with Crippen molar-refractivity contribution in [1.29, 1.82) is 0 Å². The van der Waals surface area contributed by atoms with Crippen molar-refractivity contribution in [3.63, 3.8) is 0 Å². The molecule has 1 nitrogen and oxygen atoms in total. The minimum Gasteiger partial charge on any atom is -0.383 e. The van der Waals surface area contributed by atoms with E-state index < -0.39 is 6.10 Å². The van der Waals surface area contributed by atoms with Crippen molar-refractivity contribution in [1.82, 2.24) is 0 Å². The van der Waals surface area contributed by atoms with Crippen molar-refractivity contribution in [3.05, 3.63) is 70.1 Å². The fourth-order valence-corrected chi connectivity index (χ4v) is 3.41. The van der Waals surface area contributed by atoms with Crippen molar-refractivity contribution in [3.8, 4) is 0 Å². The van der Waals surface area contributed by atoms with E-state index in [-0.39, 0.29) is 0 Å². The zero-order valence-electron chi connectivity index (χ0n) is 11.1. The Morgan fingerprint density at radius 3 is 2.58 bits per heavy atom. The van der Waals surface area contributed by atoms with Crippen LogP contribution in [0.4, 0.5) is 0 Å². The van der Waals surface area contributed by atoms with E-state index in [1.807, 2.05) is 19.1 Å². The number of benzene rings is 2. The lowest BCUT2D eigenvalue weighted by Crippen LogP contribution is -2.00. The van der Waals surface area contributed by atoms with Crippen LogP contribution in [0.15, 0.2) is 48.5 Å². The van der Waals surface area contributed by atoms with Crippen LogP contribution in [-0.2, 0) is 0 Å². The quantitative estimate of drug-likeness (QED) is 0.720. The number of rotatable bonds is 2. The average Bonchev–Trinajstić information content (AvgIpc) is 2.84. The molecule has 2 heteroatoms. The third kappa shape index (κ3) is 2.29.